The molecule has 1 aliphatic rings. The molecule has 1 aromatic carbocycles. The van der Waals surface area contributed by atoms with Crippen LogP contribution in [0.4, 0.5) is 0 Å². The molecule has 0 atom stereocenters. The SMILES string of the molecule is CCn1cc(C(=O)NCc2cc(Cl)cc3c2OCC3)cn1. The molecule has 3 rings (SSSR count). The summed E-state index contributed by atoms with van der Waals surface area (Å²) in [6.07, 6.45) is 4.16. The average Bonchev–Trinajstić information content (AvgIpc) is 3.12. The third-order valence-electron chi connectivity index (χ3n) is 3.48. The van der Waals surface area contributed by atoms with Crippen molar-refractivity contribution in [3.8, 4) is 5.75 Å². The fourth-order valence-electron chi connectivity index (χ4n) is 2.41. The molecule has 21 heavy (non-hydrogen) atoms. The number of carbonyl (C=O) groups is 1. The van der Waals surface area contributed by atoms with Crippen molar-refractivity contribution >= 4 is 17.5 Å². The molecule has 0 saturated heterocycles. The van der Waals surface area contributed by atoms with Crippen molar-refractivity contribution in [3.63, 3.8) is 0 Å². The fourth-order valence-corrected chi connectivity index (χ4v) is 2.67. The Kier molecular flexibility index (Phi) is 3.84. The molecular formula is C15H16ClN3O2. The quantitative estimate of drug-likeness (QED) is 0.944. The number of hydrogen-bond acceptors (Lipinski definition) is 3. The molecule has 0 bridgehead atoms. The van der Waals surface area contributed by atoms with Gasteiger partial charge in [-0.05, 0) is 24.6 Å². The van der Waals surface area contributed by atoms with Gasteiger partial charge in [0.05, 0.1) is 18.4 Å². The maximum absolute atomic E-state index is 12.1. The van der Waals surface area contributed by atoms with Crippen molar-refractivity contribution in [1.29, 1.82) is 0 Å². The van der Waals surface area contributed by atoms with E-state index in [1.165, 1.54) is 0 Å². The minimum Gasteiger partial charge on any atom is -0.493 e. The maximum Gasteiger partial charge on any atom is 0.254 e. The fraction of sp³-hybridized carbons (Fsp3) is 0.333. The van der Waals surface area contributed by atoms with E-state index in [1.54, 1.807) is 17.1 Å². The molecule has 1 N–H and O–H groups in total. The molecule has 2 heterocycles. The van der Waals surface area contributed by atoms with Crippen molar-refractivity contribution in [3.05, 3.63) is 46.2 Å². The van der Waals surface area contributed by atoms with Crippen LogP contribution >= 0.6 is 11.6 Å². The van der Waals surface area contributed by atoms with E-state index in [2.05, 4.69) is 10.4 Å². The summed E-state index contributed by atoms with van der Waals surface area (Å²) in [5.74, 6) is 0.699. The molecule has 0 spiro atoms. The van der Waals surface area contributed by atoms with Gasteiger partial charge in [-0.25, -0.2) is 0 Å². The molecule has 0 radical (unpaired) electrons. The second-order valence-electron chi connectivity index (χ2n) is 4.92. The van der Waals surface area contributed by atoms with Crippen molar-refractivity contribution in [2.24, 2.45) is 0 Å². The molecule has 5 nitrogen and oxygen atoms in total. The predicted octanol–water partition coefficient (Wildman–Crippen LogP) is 2.42. The van der Waals surface area contributed by atoms with E-state index < -0.39 is 0 Å². The monoisotopic (exact) mass is 305 g/mol. The first kappa shape index (κ1) is 13.9. The molecule has 0 unspecified atom stereocenters. The van der Waals surface area contributed by atoms with Gasteiger partial charge in [-0.15, -0.1) is 0 Å². The van der Waals surface area contributed by atoms with Crippen molar-refractivity contribution in [2.45, 2.75) is 26.4 Å². The molecule has 1 amide bonds. The lowest BCUT2D eigenvalue weighted by atomic mass is 10.1. The summed E-state index contributed by atoms with van der Waals surface area (Å²) in [4.78, 5) is 12.1. The Morgan fingerprint density at radius 3 is 3.14 bits per heavy atom. The second kappa shape index (κ2) is 5.77. The van der Waals surface area contributed by atoms with Gasteiger partial charge in [0.25, 0.3) is 5.91 Å². The van der Waals surface area contributed by atoms with Crippen LogP contribution < -0.4 is 10.1 Å². The molecule has 1 aromatic heterocycles. The van der Waals surface area contributed by atoms with Crippen LogP contribution in [0.5, 0.6) is 5.75 Å². The van der Waals surface area contributed by atoms with E-state index >= 15 is 0 Å². The Morgan fingerprint density at radius 1 is 1.52 bits per heavy atom. The summed E-state index contributed by atoms with van der Waals surface area (Å²) in [5.41, 5.74) is 2.56. The Labute approximate surface area is 127 Å². The highest BCUT2D eigenvalue weighted by atomic mass is 35.5. The number of benzene rings is 1. The third-order valence-corrected chi connectivity index (χ3v) is 3.70. The standard InChI is InChI=1S/C15H16ClN3O2/c1-2-19-9-12(8-18-19)15(20)17-7-11-6-13(16)5-10-3-4-21-14(10)11/h5-6,8-9H,2-4,7H2,1H3,(H,17,20). The zero-order chi connectivity index (χ0) is 14.8. The predicted molar refractivity (Wildman–Crippen MR) is 79.7 cm³/mol. The van der Waals surface area contributed by atoms with Crippen LogP contribution in [-0.4, -0.2) is 22.3 Å². The first-order valence-corrected chi connectivity index (χ1v) is 7.30. The minimum absolute atomic E-state index is 0.151. The van der Waals surface area contributed by atoms with Crippen LogP contribution in [-0.2, 0) is 19.5 Å². The Morgan fingerprint density at radius 2 is 2.38 bits per heavy atom. The number of hydrogen-bond donors (Lipinski definition) is 1. The van der Waals surface area contributed by atoms with Gasteiger partial charge >= 0.3 is 0 Å². The van der Waals surface area contributed by atoms with Gasteiger partial charge < -0.3 is 10.1 Å². The van der Waals surface area contributed by atoms with Crippen molar-refractivity contribution in [1.82, 2.24) is 15.1 Å². The number of fused-ring (bicyclic) bond motifs is 1. The summed E-state index contributed by atoms with van der Waals surface area (Å²) >= 11 is 6.10. The zero-order valence-electron chi connectivity index (χ0n) is 11.7. The van der Waals surface area contributed by atoms with Gasteiger partial charge in [-0.2, -0.15) is 5.10 Å². The van der Waals surface area contributed by atoms with Gasteiger partial charge in [0.15, 0.2) is 0 Å². The second-order valence-corrected chi connectivity index (χ2v) is 5.36. The van der Waals surface area contributed by atoms with E-state index in [0.29, 0.717) is 23.7 Å². The van der Waals surface area contributed by atoms with E-state index in [4.69, 9.17) is 16.3 Å². The Bertz CT molecular complexity index is 682. The maximum atomic E-state index is 12.1. The number of ether oxygens (including phenoxy) is 1. The molecule has 110 valence electrons. The molecule has 2 aromatic rings. The molecule has 0 saturated carbocycles. The lowest BCUT2D eigenvalue weighted by molar-refractivity contribution is 0.0950. The summed E-state index contributed by atoms with van der Waals surface area (Å²) in [5, 5.41) is 7.64. The lowest BCUT2D eigenvalue weighted by Gasteiger charge is -2.09. The van der Waals surface area contributed by atoms with Gasteiger partial charge in [0.2, 0.25) is 0 Å². The minimum atomic E-state index is -0.151. The molecule has 0 aliphatic carbocycles. The molecular weight excluding hydrogens is 290 g/mol. The first-order chi connectivity index (χ1) is 10.2. The molecule has 6 heteroatoms. The van der Waals surface area contributed by atoms with Gasteiger partial charge in [-0.1, -0.05) is 11.6 Å². The normalized spacial score (nSPS) is 12.9. The number of aryl methyl sites for hydroxylation is 1. The van der Waals surface area contributed by atoms with Crippen molar-refractivity contribution < 1.29 is 9.53 Å². The summed E-state index contributed by atoms with van der Waals surface area (Å²) in [7, 11) is 0. The van der Waals surface area contributed by atoms with Crippen LogP contribution in [0.2, 0.25) is 5.02 Å². The number of rotatable bonds is 4. The number of nitrogens with zero attached hydrogens (tertiary/aromatic N) is 2. The number of nitrogens with one attached hydrogen (secondary N) is 1. The van der Waals surface area contributed by atoms with Crippen LogP contribution in [0.15, 0.2) is 24.5 Å². The Hall–Kier alpha value is -2.01. The number of amides is 1. The summed E-state index contributed by atoms with van der Waals surface area (Å²) in [6, 6.07) is 3.75. The lowest BCUT2D eigenvalue weighted by Crippen LogP contribution is -2.22. The van der Waals surface area contributed by atoms with Crippen LogP contribution in [0.1, 0.15) is 28.4 Å². The van der Waals surface area contributed by atoms with E-state index in [0.717, 1.165) is 29.8 Å². The largest absolute Gasteiger partial charge is 0.493 e. The highest BCUT2D eigenvalue weighted by molar-refractivity contribution is 6.30. The Balaban J connectivity index is 1.72. The summed E-state index contributed by atoms with van der Waals surface area (Å²) < 4.78 is 7.34. The van der Waals surface area contributed by atoms with E-state index in [9.17, 15) is 4.79 Å². The first-order valence-electron chi connectivity index (χ1n) is 6.92. The van der Waals surface area contributed by atoms with Gasteiger partial charge in [0.1, 0.15) is 5.75 Å². The molecule has 1 aliphatic heterocycles. The van der Waals surface area contributed by atoms with E-state index in [-0.39, 0.29) is 5.91 Å². The highest BCUT2D eigenvalue weighted by Crippen LogP contribution is 2.32. The zero-order valence-corrected chi connectivity index (χ0v) is 12.5. The highest BCUT2D eigenvalue weighted by Gasteiger charge is 2.18. The van der Waals surface area contributed by atoms with E-state index in [1.807, 2.05) is 19.1 Å². The summed E-state index contributed by atoms with van der Waals surface area (Å²) in [6.45, 7) is 3.77. The van der Waals surface area contributed by atoms with Crippen LogP contribution in [0.25, 0.3) is 0 Å². The molecule has 0 fully saturated rings. The third kappa shape index (κ3) is 2.88. The van der Waals surface area contributed by atoms with Gasteiger partial charge in [0, 0.05) is 36.3 Å². The smallest absolute Gasteiger partial charge is 0.254 e. The average molecular weight is 306 g/mol. The van der Waals surface area contributed by atoms with Crippen molar-refractivity contribution in [2.75, 3.05) is 6.61 Å². The van der Waals surface area contributed by atoms with Gasteiger partial charge in [-0.3, -0.25) is 9.48 Å². The topological polar surface area (TPSA) is 56.2 Å². The number of aromatic nitrogens is 2. The van der Waals surface area contributed by atoms with Crippen LogP contribution in [0, 0.1) is 0 Å². The number of carbonyl (C=O) groups excluding carboxylic acids is 1. The van der Waals surface area contributed by atoms with Crippen LogP contribution in [0.3, 0.4) is 0 Å². The number of halogens is 1.